The molecule has 17 heavy (non-hydrogen) atoms. The molecule has 94 valence electrons. The van der Waals surface area contributed by atoms with E-state index in [0.717, 1.165) is 11.4 Å². The van der Waals surface area contributed by atoms with Crippen LogP contribution >= 0.6 is 0 Å². The molecule has 0 aliphatic carbocycles. The maximum absolute atomic E-state index is 9.94. The van der Waals surface area contributed by atoms with Gasteiger partial charge in [0.05, 0.1) is 5.69 Å². The normalized spacial score (nSPS) is 22.4. The lowest BCUT2D eigenvalue weighted by atomic mass is 9.86. The molecule has 1 aromatic carbocycles. The van der Waals surface area contributed by atoms with Crippen molar-refractivity contribution >= 4 is 5.69 Å². The van der Waals surface area contributed by atoms with Gasteiger partial charge in [0.1, 0.15) is 11.4 Å². The average molecular weight is 235 g/mol. The van der Waals surface area contributed by atoms with Gasteiger partial charge in [-0.05, 0) is 37.0 Å². The topological polar surface area (TPSA) is 41.5 Å². The number of fused-ring (bicyclic) bond motifs is 1. The quantitative estimate of drug-likeness (QED) is 0.726. The molecule has 0 spiro atoms. The third-order valence-corrected chi connectivity index (χ3v) is 3.17. The number of aliphatic hydroxyl groups excluding tert-OH is 1. The third kappa shape index (κ3) is 2.25. The zero-order valence-electron chi connectivity index (χ0n) is 11.2. The minimum absolute atomic E-state index is 0.0919. The van der Waals surface area contributed by atoms with Crippen molar-refractivity contribution in [3.8, 4) is 5.75 Å². The fraction of sp³-hybridized carbons (Fsp3) is 0.571. The van der Waals surface area contributed by atoms with Crippen LogP contribution in [0.1, 0.15) is 40.2 Å². The number of hydrogen-bond acceptors (Lipinski definition) is 3. The lowest BCUT2D eigenvalue weighted by Crippen LogP contribution is -2.49. The Morgan fingerprint density at radius 3 is 2.53 bits per heavy atom. The maximum Gasteiger partial charge on any atom is 0.164 e. The van der Waals surface area contributed by atoms with Crippen molar-refractivity contribution in [3.63, 3.8) is 0 Å². The fourth-order valence-corrected chi connectivity index (χ4v) is 1.86. The van der Waals surface area contributed by atoms with E-state index >= 15 is 0 Å². The summed E-state index contributed by atoms with van der Waals surface area (Å²) in [5, 5.41) is 13.0. The Morgan fingerprint density at radius 1 is 1.29 bits per heavy atom. The van der Waals surface area contributed by atoms with Crippen LogP contribution in [0.15, 0.2) is 18.2 Å². The SMILES string of the molecule is CC(C)(C)c1ccc2c(c1)NC(O)C(C)(C)O2. The van der Waals surface area contributed by atoms with Crippen molar-refractivity contribution in [1.82, 2.24) is 0 Å². The molecule has 1 aliphatic rings. The summed E-state index contributed by atoms with van der Waals surface area (Å²) >= 11 is 0. The Morgan fingerprint density at radius 2 is 1.94 bits per heavy atom. The first kappa shape index (κ1) is 12.2. The largest absolute Gasteiger partial charge is 0.481 e. The Bertz CT molecular complexity index is 432. The molecule has 1 aliphatic heterocycles. The molecule has 1 aromatic rings. The van der Waals surface area contributed by atoms with Crippen molar-refractivity contribution in [2.45, 2.75) is 51.9 Å². The smallest absolute Gasteiger partial charge is 0.164 e. The molecular weight excluding hydrogens is 214 g/mol. The first-order valence-corrected chi connectivity index (χ1v) is 5.98. The molecule has 0 saturated heterocycles. The molecule has 1 atom stereocenters. The van der Waals surface area contributed by atoms with Crippen molar-refractivity contribution in [2.24, 2.45) is 0 Å². The van der Waals surface area contributed by atoms with Crippen LogP contribution in [0.2, 0.25) is 0 Å². The Labute approximate surface area is 103 Å². The Balaban J connectivity index is 2.40. The average Bonchev–Trinajstić information content (AvgIpc) is 2.17. The molecular formula is C14H21NO2. The molecule has 2 rings (SSSR count). The van der Waals surface area contributed by atoms with Crippen molar-refractivity contribution in [2.75, 3.05) is 5.32 Å². The van der Waals surface area contributed by atoms with Gasteiger partial charge in [-0.2, -0.15) is 0 Å². The predicted octanol–water partition coefficient (Wildman–Crippen LogP) is 2.89. The first-order valence-electron chi connectivity index (χ1n) is 5.98. The fourth-order valence-electron chi connectivity index (χ4n) is 1.86. The van der Waals surface area contributed by atoms with Crippen LogP contribution < -0.4 is 10.1 Å². The molecule has 1 heterocycles. The number of rotatable bonds is 0. The van der Waals surface area contributed by atoms with Crippen LogP contribution in [0.4, 0.5) is 5.69 Å². The van der Waals surface area contributed by atoms with Gasteiger partial charge in [0.15, 0.2) is 6.23 Å². The lowest BCUT2D eigenvalue weighted by Gasteiger charge is -2.38. The molecule has 0 fully saturated rings. The van der Waals surface area contributed by atoms with Crippen LogP contribution in [0.3, 0.4) is 0 Å². The minimum atomic E-state index is -0.690. The highest BCUT2D eigenvalue weighted by molar-refractivity contribution is 5.61. The highest BCUT2D eigenvalue weighted by Gasteiger charge is 2.35. The van der Waals surface area contributed by atoms with Gasteiger partial charge in [0.25, 0.3) is 0 Å². The van der Waals surface area contributed by atoms with Gasteiger partial charge in [0, 0.05) is 0 Å². The zero-order chi connectivity index (χ0) is 12.8. The van der Waals surface area contributed by atoms with Gasteiger partial charge in [-0.25, -0.2) is 0 Å². The second kappa shape index (κ2) is 3.64. The Hall–Kier alpha value is -1.22. The summed E-state index contributed by atoms with van der Waals surface area (Å²) in [6, 6.07) is 6.10. The van der Waals surface area contributed by atoms with Crippen molar-refractivity contribution in [3.05, 3.63) is 23.8 Å². The number of nitrogens with one attached hydrogen (secondary N) is 1. The molecule has 0 aromatic heterocycles. The van der Waals surface area contributed by atoms with E-state index in [-0.39, 0.29) is 5.41 Å². The van der Waals surface area contributed by atoms with Gasteiger partial charge in [0.2, 0.25) is 0 Å². The summed E-state index contributed by atoms with van der Waals surface area (Å²) in [5.41, 5.74) is 1.58. The van der Waals surface area contributed by atoms with E-state index in [4.69, 9.17) is 4.74 Å². The van der Waals surface area contributed by atoms with Crippen LogP contribution in [-0.2, 0) is 5.41 Å². The third-order valence-electron chi connectivity index (χ3n) is 3.17. The van der Waals surface area contributed by atoms with Crippen LogP contribution in [-0.4, -0.2) is 16.9 Å². The van der Waals surface area contributed by atoms with E-state index in [0.29, 0.717) is 0 Å². The van der Waals surface area contributed by atoms with Gasteiger partial charge in [-0.3, -0.25) is 0 Å². The van der Waals surface area contributed by atoms with Gasteiger partial charge >= 0.3 is 0 Å². The van der Waals surface area contributed by atoms with E-state index in [9.17, 15) is 5.11 Å². The summed E-state index contributed by atoms with van der Waals surface area (Å²) < 4.78 is 5.79. The zero-order valence-corrected chi connectivity index (χ0v) is 11.2. The predicted molar refractivity (Wildman–Crippen MR) is 69.5 cm³/mol. The number of anilines is 1. The molecule has 0 radical (unpaired) electrons. The van der Waals surface area contributed by atoms with E-state index in [1.165, 1.54) is 5.56 Å². The highest BCUT2D eigenvalue weighted by Crippen LogP contribution is 2.38. The van der Waals surface area contributed by atoms with Crippen molar-refractivity contribution < 1.29 is 9.84 Å². The Kier molecular flexibility index (Phi) is 2.62. The van der Waals surface area contributed by atoms with Gasteiger partial charge in [-0.1, -0.05) is 26.8 Å². The number of hydrogen-bond donors (Lipinski definition) is 2. The van der Waals surface area contributed by atoms with Crippen molar-refractivity contribution in [1.29, 1.82) is 0 Å². The maximum atomic E-state index is 9.94. The second-order valence-corrected chi connectivity index (χ2v) is 6.21. The lowest BCUT2D eigenvalue weighted by molar-refractivity contribution is -0.0210. The summed E-state index contributed by atoms with van der Waals surface area (Å²) in [5.74, 6) is 0.799. The highest BCUT2D eigenvalue weighted by atomic mass is 16.5. The van der Waals surface area contributed by atoms with Crippen LogP contribution in [0.25, 0.3) is 0 Å². The molecule has 2 N–H and O–H groups in total. The summed E-state index contributed by atoms with van der Waals surface area (Å²) in [4.78, 5) is 0. The standard InChI is InChI=1S/C14H21NO2/c1-13(2,3)9-6-7-11-10(8-9)15-12(16)14(4,5)17-11/h6-8,12,15-16H,1-5H3. The van der Waals surface area contributed by atoms with E-state index in [1.54, 1.807) is 0 Å². The summed E-state index contributed by atoms with van der Waals surface area (Å²) in [6.07, 6.45) is -0.690. The summed E-state index contributed by atoms with van der Waals surface area (Å²) in [7, 11) is 0. The number of aliphatic hydroxyl groups is 1. The molecule has 0 bridgehead atoms. The molecule has 3 nitrogen and oxygen atoms in total. The van der Waals surface area contributed by atoms with Gasteiger partial charge < -0.3 is 15.2 Å². The summed E-state index contributed by atoms with van der Waals surface area (Å²) in [6.45, 7) is 10.2. The second-order valence-electron chi connectivity index (χ2n) is 6.21. The molecule has 3 heteroatoms. The van der Waals surface area contributed by atoms with Gasteiger partial charge in [-0.15, -0.1) is 0 Å². The molecule has 0 amide bonds. The van der Waals surface area contributed by atoms with Crippen LogP contribution in [0, 0.1) is 0 Å². The van der Waals surface area contributed by atoms with Crippen LogP contribution in [0.5, 0.6) is 5.75 Å². The first-order chi connectivity index (χ1) is 7.70. The van der Waals surface area contributed by atoms with E-state index in [2.05, 4.69) is 32.2 Å². The number of benzene rings is 1. The molecule has 1 unspecified atom stereocenters. The minimum Gasteiger partial charge on any atom is -0.481 e. The van der Waals surface area contributed by atoms with E-state index in [1.807, 2.05) is 26.0 Å². The molecule has 0 saturated carbocycles. The van der Waals surface area contributed by atoms with E-state index < -0.39 is 11.8 Å². The number of ether oxygens (including phenoxy) is 1. The monoisotopic (exact) mass is 235 g/mol.